The Hall–Kier alpha value is -3.89. The van der Waals surface area contributed by atoms with Gasteiger partial charge in [-0.15, -0.1) is 0 Å². The van der Waals surface area contributed by atoms with Crippen molar-refractivity contribution >= 4 is 29.0 Å². The van der Waals surface area contributed by atoms with Crippen LogP contribution < -0.4 is 20.7 Å². The molecule has 248 valence electrons. The molecule has 0 unspecified atom stereocenters. The van der Waals surface area contributed by atoms with E-state index in [9.17, 15) is 40.7 Å². The molecule has 2 N–H and O–H groups in total. The number of carbonyl (C=O) groups is 2. The van der Waals surface area contributed by atoms with E-state index in [4.69, 9.17) is 4.74 Å². The summed E-state index contributed by atoms with van der Waals surface area (Å²) in [5.41, 5.74) is -4.14. The standard InChI is InChI=1S/C28H35F6N7O4/c1-4-17(5-2)13-41-20-10-18(27(29,30)31)11-35-24(20)40-8-7-39(14-21(40)26(41)44)22(42)6-9-45-15-16(3)37-19-12-36-38-25(43)23(19)28(32,33)34/h10-12,16-17,21H,4-9,13-15H2,1-3H3,(H2,37,38,43)/t16-,21-/m0/s1. The molecule has 45 heavy (non-hydrogen) atoms. The first-order valence-electron chi connectivity index (χ1n) is 14.6. The summed E-state index contributed by atoms with van der Waals surface area (Å²) >= 11 is 0. The molecule has 0 bridgehead atoms. The number of rotatable bonds is 11. The fourth-order valence-corrected chi connectivity index (χ4v) is 5.46. The third kappa shape index (κ3) is 7.68. The fraction of sp³-hybridized carbons (Fsp3) is 0.607. The lowest BCUT2D eigenvalue weighted by molar-refractivity contribution is -0.138. The Kier molecular flexibility index (Phi) is 10.3. The molecule has 0 aromatic carbocycles. The quantitative estimate of drug-likeness (QED) is 0.278. The van der Waals surface area contributed by atoms with E-state index >= 15 is 0 Å². The second-order valence-corrected chi connectivity index (χ2v) is 11.1. The van der Waals surface area contributed by atoms with E-state index in [0.29, 0.717) is 0 Å². The number of nitrogens with one attached hydrogen (secondary N) is 2. The predicted molar refractivity (Wildman–Crippen MR) is 152 cm³/mol. The molecule has 0 radical (unpaired) electrons. The van der Waals surface area contributed by atoms with Crippen molar-refractivity contribution < 1.29 is 40.7 Å². The first-order chi connectivity index (χ1) is 21.1. The number of nitrogens with zero attached hydrogens (tertiary/aromatic N) is 5. The number of piperazine rings is 1. The van der Waals surface area contributed by atoms with Crippen molar-refractivity contribution in [1.29, 1.82) is 0 Å². The molecule has 1 fully saturated rings. The summed E-state index contributed by atoms with van der Waals surface area (Å²) < 4.78 is 85.9. The second kappa shape index (κ2) is 13.6. The molecular weight excluding hydrogens is 612 g/mol. The van der Waals surface area contributed by atoms with Crippen molar-refractivity contribution in [2.45, 2.75) is 64.5 Å². The van der Waals surface area contributed by atoms with Gasteiger partial charge in [0, 0.05) is 31.9 Å². The van der Waals surface area contributed by atoms with Crippen LogP contribution in [-0.4, -0.2) is 83.4 Å². The van der Waals surface area contributed by atoms with Crippen molar-refractivity contribution in [3.05, 3.63) is 39.9 Å². The maximum Gasteiger partial charge on any atom is 0.423 e. The van der Waals surface area contributed by atoms with E-state index < -0.39 is 52.7 Å². The molecule has 2 aromatic heterocycles. The number of hydrogen-bond acceptors (Lipinski definition) is 8. The second-order valence-electron chi connectivity index (χ2n) is 11.1. The van der Waals surface area contributed by atoms with Crippen molar-refractivity contribution in [2.24, 2.45) is 5.92 Å². The van der Waals surface area contributed by atoms with E-state index in [1.807, 2.05) is 13.8 Å². The minimum atomic E-state index is -4.90. The van der Waals surface area contributed by atoms with Gasteiger partial charge in [0.25, 0.3) is 11.5 Å². The number of anilines is 3. The third-order valence-corrected chi connectivity index (χ3v) is 7.99. The Morgan fingerprint density at radius 2 is 1.82 bits per heavy atom. The Labute approximate surface area is 254 Å². The molecule has 0 spiro atoms. The maximum atomic E-state index is 13.7. The summed E-state index contributed by atoms with van der Waals surface area (Å²) in [4.78, 5) is 47.0. The molecule has 1 saturated heterocycles. The number of hydrogen-bond donors (Lipinski definition) is 2. The van der Waals surface area contributed by atoms with E-state index in [0.717, 1.165) is 31.3 Å². The van der Waals surface area contributed by atoms with Crippen LogP contribution in [0, 0.1) is 5.92 Å². The summed E-state index contributed by atoms with van der Waals surface area (Å²) in [6.07, 6.45) is -6.56. The highest BCUT2D eigenvalue weighted by molar-refractivity contribution is 6.05. The SMILES string of the molecule is CCC(CC)CN1C(=O)[C@@H]2CN(C(=O)CCOC[C@H](C)Nc3cn[nH]c(=O)c3C(F)(F)F)CCN2c2ncc(C(F)(F)F)cc21. The molecular formula is C28H35F6N7O4. The molecule has 2 aliphatic rings. The number of pyridine rings is 1. The summed E-state index contributed by atoms with van der Waals surface area (Å²) in [7, 11) is 0. The first-order valence-corrected chi connectivity index (χ1v) is 14.6. The molecule has 2 aliphatic heterocycles. The molecule has 0 saturated carbocycles. The van der Waals surface area contributed by atoms with Crippen LogP contribution in [0.3, 0.4) is 0 Å². The van der Waals surface area contributed by atoms with Gasteiger partial charge in [-0.2, -0.15) is 31.4 Å². The number of fused-ring (bicyclic) bond motifs is 3. The normalized spacial score (nSPS) is 17.8. The van der Waals surface area contributed by atoms with Gasteiger partial charge in [-0.1, -0.05) is 26.7 Å². The zero-order chi connectivity index (χ0) is 33.1. The number of alkyl halides is 6. The monoisotopic (exact) mass is 647 g/mol. The van der Waals surface area contributed by atoms with Gasteiger partial charge in [-0.05, 0) is 18.9 Å². The minimum Gasteiger partial charge on any atom is -0.379 e. The smallest absolute Gasteiger partial charge is 0.379 e. The van der Waals surface area contributed by atoms with Gasteiger partial charge in [0.15, 0.2) is 5.82 Å². The van der Waals surface area contributed by atoms with Crippen LogP contribution in [0.4, 0.5) is 43.5 Å². The van der Waals surface area contributed by atoms with Gasteiger partial charge in [-0.3, -0.25) is 14.4 Å². The van der Waals surface area contributed by atoms with Crippen LogP contribution in [0.25, 0.3) is 0 Å². The summed E-state index contributed by atoms with van der Waals surface area (Å²) in [5, 5.41) is 7.71. The van der Waals surface area contributed by atoms with Crippen LogP contribution in [0.1, 0.15) is 51.2 Å². The van der Waals surface area contributed by atoms with Gasteiger partial charge < -0.3 is 24.8 Å². The van der Waals surface area contributed by atoms with E-state index in [-0.39, 0.29) is 69.1 Å². The van der Waals surface area contributed by atoms with Crippen molar-refractivity contribution in [3.63, 3.8) is 0 Å². The highest BCUT2D eigenvalue weighted by atomic mass is 19.4. The molecule has 4 rings (SSSR count). The number of amides is 2. The molecule has 17 heteroatoms. The number of H-pyrrole nitrogens is 1. The van der Waals surface area contributed by atoms with Gasteiger partial charge >= 0.3 is 12.4 Å². The predicted octanol–water partition coefficient (Wildman–Crippen LogP) is 3.91. The first kappa shape index (κ1) is 34.0. The van der Waals surface area contributed by atoms with Crippen molar-refractivity contribution in [3.8, 4) is 0 Å². The number of halogens is 6. The number of aromatic nitrogens is 3. The molecule has 2 amide bonds. The Bertz CT molecular complexity index is 1430. The van der Waals surface area contributed by atoms with E-state index in [1.54, 1.807) is 10.00 Å². The maximum absolute atomic E-state index is 13.7. The summed E-state index contributed by atoms with van der Waals surface area (Å²) in [5.74, 6) is -0.410. The van der Waals surface area contributed by atoms with E-state index in [1.165, 1.54) is 16.7 Å². The van der Waals surface area contributed by atoms with Crippen LogP contribution in [0.15, 0.2) is 23.3 Å². The summed E-state index contributed by atoms with van der Waals surface area (Å²) in [6.45, 7) is 5.89. The van der Waals surface area contributed by atoms with Crippen molar-refractivity contribution in [2.75, 3.05) is 54.5 Å². The van der Waals surface area contributed by atoms with Crippen LogP contribution >= 0.6 is 0 Å². The lowest BCUT2D eigenvalue weighted by atomic mass is 9.99. The Morgan fingerprint density at radius 1 is 1.11 bits per heavy atom. The number of carbonyl (C=O) groups excluding carboxylic acids is 2. The van der Waals surface area contributed by atoms with Gasteiger partial charge in [0.05, 0.1) is 49.3 Å². The van der Waals surface area contributed by atoms with E-state index in [2.05, 4.69) is 15.4 Å². The fourth-order valence-electron chi connectivity index (χ4n) is 5.46. The topological polar surface area (TPSA) is 124 Å². The average Bonchev–Trinajstić information content (AvgIpc) is 2.97. The highest BCUT2D eigenvalue weighted by Crippen LogP contribution is 2.40. The minimum absolute atomic E-state index is 0.00690. The van der Waals surface area contributed by atoms with Gasteiger partial charge in [-0.25, -0.2) is 10.1 Å². The van der Waals surface area contributed by atoms with Crippen LogP contribution in [-0.2, 0) is 26.7 Å². The highest BCUT2D eigenvalue weighted by Gasteiger charge is 2.45. The number of ether oxygens (including phenoxy) is 1. The number of aromatic amines is 1. The molecule has 2 atom stereocenters. The zero-order valence-corrected chi connectivity index (χ0v) is 25.0. The zero-order valence-electron chi connectivity index (χ0n) is 25.0. The molecule has 2 aromatic rings. The van der Waals surface area contributed by atoms with Gasteiger partial charge in [0.1, 0.15) is 11.6 Å². The molecule has 11 nitrogen and oxygen atoms in total. The molecule has 0 aliphatic carbocycles. The van der Waals surface area contributed by atoms with Crippen molar-refractivity contribution in [1.82, 2.24) is 20.1 Å². The summed E-state index contributed by atoms with van der Waals surface area (Å²) in [6, 6.07) is -0.538. The third-order valence-electron chi connectivity index (χ3n) is 7.99. The van der Waals surface area contributed by atoms with Crippen LogP contribution in [0.5, 0.6) is 0 Å². The largest absolute Gasteiger partial charge is 0.423 e. The van der Waals surface area contributed by atoms with Crippen LogP contribution in [0.2, 0.25) is 0 Å². The van der Waals surface area contributed by atoms with Gasteiger partial charge in [0.2, 0.25) is 5.91 Å². The Morgan fingerprint density at radius 3 is 2.47 bits per heavy atom. The lowest BCUT2D eigenvalue weighted by Crippen LogP contribution is -2.64. The Balaban J connectivity index is 1.38. The molecule has 4 heterocycles. The lowest BCUT2D eigenvalue weighted by Gasteiger charge is -2.47. The average molecular weight is 648 g/mol.